The fourth-order valence-electron chi connectivity index (χ4n) is 1.68. The van der Waals surface area contributed by atoms with Gasteiger partial charge >= 0.3 is 0 Å². The summed E-state index contributed by atoms with van der Waals surface area (Å²) in [6.07, 6.45) is 2.07. The summed E-state index contributed by atoms with van der Waals surface area (Å²) in [5.41, 5.74) is 2.33. The Morgan fingerprint density at radius 1 is 1.22 bits per heavy atom. The van der Waals surface area contributed by atoms with Crippen molar-refractivity contribution in [2.75, 3.05) is 11.6 Å². The summed E-state index contributed by atoms with van der Waals surface area (Å²) < 4.78 is 6.84. The zero-order chi connectivity index (χ0) is 13.0. The zero-order valence-electron chi connectivity index (χ0n) is 10.5. The minimum atomic E-state index is 0.718. The van der Waals surface area contributed by atoms with Gasteiger partial charge < -0.3 is 9.73 Å². The van der Waals surface area contributed by atoms with E-state index in [9.17, 15) is 0 Å². The van der Waals surface area contributed by atoms with E-state index in [1.165, 1.54) is 5.56 Å². The van der Waals surface area contributed by atoms with E-state index >= 15 is 0 Å². The van der Waals surface area contributed by atoms with E-state index in [-0.39, 0.29) is 0 Å². The van der Waals surface area contributed by atoms with Crippen molar-refractivity contribution in [2.45, 2.75) is 19.2 Å². The fourth-order valence-corrected chi connectivity index (χ4v) is 2.37. The molecule has 1 aromatic heterocycles. The average Bonchev–Trinajstić information content (AvgIpc) is 2.79. The predicted molar refractivity (Wildman–Crippen MR) is 82.1 cm³/mol. The van der Waals surface area contributed by atoms with Crippen LogP contribution in [0.3, 0.4) is 0 Å². The number of nitrogens with one attached hydrogen (secondary N) is 1. The molecule has 2 rings (SSSR count). The molecule has 0 aliphatic rings. The normalized spacial score (nSPS) is 10.6. The van der Waals surface area contributed by atoms with E-state index in [1.54, 1.807) is 11.8 Å². The number of halogens is 1. The molecule has 0 unspecified atom stereocenters. The van der Waals surface area contributed by atoms with Gasteiger partial charge in [-0.15, -0.1) is 0 Å². The lowest BCUT2D eigenvalue weighted by atomic mass is 10.2. The van der Waals surface area contributed by atoms with Crippen LogP contribution in [0, 0.1) is 6.92 Å². The fraction of sp³-hybridized carbons (Fsp3) is 0.286. The van der Waals surface area contributed by atoms with Crippen LogP contribution in [-0.4, -0.2) is 6.26 Å². The number of hydrogen-bond acceptors (Lipinski definition) is 3. The molecule has 0 fully saturated rings. The molecule has 18 heavy (non-hydrogen) atoms. The molecule has 2 aromatic rings. The van der Waals surface area contributed by atoms with Crippen LogP contribution in [0.1, 0.15) is 17.1 Å². The average molecular weight is 326 g/mol. The molecule has 0 amide bonds. The minimum Gasteiger partial charge on any atom is -0.463 e. The van der Waals surface area contributed by atoms with Gasteiger partial charge in [0.25, 0.3) is 0 Å². The lowest BCUT2D eigenvalue weighted by Gasteiger charge is -2.06. The van der Waals surface area contributed by atoms with Crippen LogP contribution in [0.15, 0.2) is 39.2 Å². The van der Waals surface area contributed by atoms with E-state index in [0.717, 1.165) is 34.0 Å². The molecule has 1 aromatic carbocycles. The van der Waals surface area contributed by atoms with Crippen molar-refractivity contribution in [3.05, 3.63) is 51.9 Å². The molecule has 0 saturated heterocycles. The van der Waals surface area contributed by atoms with Gasteiger partial charge in [-0.2, -0.15) is 11.8 Å². The van der Waals surface area contributed by atoms with Crippen LogP contribution in [0.5, 0.6) is 0 Å². The van der Waals surface area contributed by atoms with Gasteiger partial charge in [0, 0.05) is 10.2 Å². The van der Waals surface area contributed by atoms with Crippen molar-refractivity contribution in [3.63, 3.8) is 0 Å². The Kier molecular flexibility index (Phi) is 4.78. The molecule has 0 bridgehead atoms. The smallest absolute Gasteiger partial charge is 0.123 e. The minimum absolute atomic E-state index is 0.718. The molecule has 4 heteroatoms. The Labute approximate surface area is 120 Å². The van der Waals surface area contributed by atoms with Crippen LogP contribution in [-0.2, 0) is 12.3 Å². The van der Waals surface area contributed by atoms with E-state index < -0.39 is 0 Å². The maximum atomic E-state index is 5.71. The summed E-state index contributed by atoms with van der Waals surface area (Å²) in [6.45, 7) is 2.80. The highest BCUT2D eigenvalue weighted by Crippen LogP contribution is 2.21. The highest BCUT2D eigenvalue weighted by Gasteiger charge is 2.02. The summed E-state index contributed by atoms with van der Waals surface area (Å²) >= 11 is 5.26. The van der Waals surface area contributed by atoms with Crippen molar-refractivity contribution < 1.29 is 4.42 Å². The Hall–Kier alpha value is -0.870. The third kappa shape index (κ3) is 3.56. The largest absolute Gasteiger partial charge is 0.463 e. The van der Waals surface area contributed by atoms with Crippen LogP contribution < -0.4 is 5.32 Å². The topological polar surface area (TPSA) is 25.2 Å². The highest BCUT2D eigenvalue weighted by atomic mass is 79.9. The number of anilines is 1. The molecule has 1 N–H and O–H groups in total. The van der Waals surface area contributed by atoms with Crippen LogP contribution in [0.4, 0.5) is 5.69 Å². The van der Waals surface area contributed by atoms with Gasteiger partial charge in [0.1, 0.15) is 11.5 Å². The van der Waals surface area contributed by atoms with E-state index in [0.29, 0.717) is 0 Å². The Morgan fingerprint density at radius 3 is 2.72 bits per heavy atom. The maximum Gasteiger partial charge on any atom is 0.123 e. The van der Waals surface area contributed by atoms with Crippen LogP contribution in [0.2, 0.25) is 0 Å². The van der Waals surface area contributed by atoms with Gasteiger partial charge in [0.05, 0.1) is 12.3 Å². The number of rotatable bonds is 5. The Bertz CT molecular complexity index is 524. The maximum absolute atomic E-state index is 5.71. The predicted octanol–water partition coefficient (Wildman–Crippen LogP) is 4.83. The molecule has 1 heterocycles. The molecular weight excluding hydrogens is 310 g/mol. The number of furan rings is 1. The van der Waals surface area contributed by atoms with Gasteiger partial charge in [0.2, 0.25) is 0 Å². The van der Waals surface area contributed by atoms with Crippen LogP contribution in [0.25, 0.3) is 0 Å². The van der Waals surface area contributed by atoms with E-state index in [1.807, 2.05) is 12.1 Å². The Balaban J connectivity index is 1.95. The first-order chi connectivity index (χ1) is 8.69. The van der Waals surface area contributed by atoms with Gasteiger partial charge in [-0.1, -0.05) is 15.9 Å². The molecular formula is C14H16BrNOS. The Morgan fingerprint density at radius 2 is 2.00 bits per heavy atom. The molecule has 0 saturated carbocycles. The van der Waals surface area contributed by atoms with Crippen molar-refractivity contribution in [3.8, 4) is 0 Å². The molecule has 0 radical (unpaired) electrons. The summed E-state index contributed by atoms with van der Waals surface area (Å²) in [5.74, 6) is 2.93. The third-order valence-electron chi connectivity index (χ3n) is 2.63. The molecule has 0 aliphatic heterocycles. The lowest BCUT2D eigenvalue weighted by molar-refractivity contribution is 0.487. The lowest BCUT2D eigenvalue weighted by Crippen LogP contribution is -1.98. The van der Waals surface area contributed by atoms with Crippen molar-refractivity contribution in [1.29, 1.82) is 0 Å². The second-order valence-corrected chi connectivity index (χ2v) is 5.84. The van der Waals surface area contributed by atoms with Crippen molar-refractivity contribution in [1.82, 2.24) is 0 Å². The zero-order valence-corrected chi connectivity index (χ0v) is 12.9. The van der Waals surface area contributed by atoms with Crippen molar-refractivity contribution in [2.24, 2.45) is 0 Å². The summed E-state index contributed by atoms with van der Waals surface area (Å²) in [7, 11) is 0. The molecule has 2 nitrogen and oxygen atoms in total. The summed E-state index contributed by atoms with van der Waals surface area (Å²) in [6, 6.07) is 10.3. The SMILES string of the molecule is CSCc1ccc(CNc2ccc(Br)c(C)c2)o1. The van der Waals surface area contributed by atoms with E-state index in [2.05, 4.69) is 52.6 Å². The molecule has 0 atom stereocenters. The van der Waals surface area contributed by atoms with E-state index in [4.69, 9.17) is 4.42 Å². The summed E-state index contributed by atoms with van der Waals surface area (Å²) in [4.78, 5) is 0. The molecule has 96 valence electrons. The second kappa shape index (κ2) is 6.34. The molecule has 0 spiro atoms. The van der Waals surface area contributed by atoms with Gasteiger partial charge in [0.15, 0.2) is 0 Å². The van der Waals surface area contributed by atoms with Gasteiger partial charge in [-0.05, 0) is 49.1 Å². The van der Waals surface area contributed by atoms with Gasteiger partial charge in [-0.25, -0.2) is 0 Å². The third-order valence-corrected chi connectivity index (χ3v) is 4.09. The first-order valence-corrected chi connectivity index (χ1v) is 7.94. The van der Waals surface area contributed by atoms with Gasteiger partial charge in [-0.3, -0.25) is 0 Å². The number of aryl methyl sites for hydroxylation is 1. The summed E-state index contributed by atoms with van der Waals surface area (Å²) in [5, 5.41) is 3.36. The van der Waals surface area contributed by atoms with Crippen molar-refractivity contribution >= 4 is 33.4 Å². The number of hydrogen-bond donors (Lipinski definition) is 1. The quantitative estimate of drug-likeness (QED) is 0.852. The first-order valence-electron chi connectivity index (χ1n) is 5.75. The number of thioether (sulfide) groups is 1. The standard InChI is InChI=1S/C14H16BrNOS/c1-10-7-11(3-6-14(10)15)16-8-12-4-5-13(17-12)9-18-2/h3-7,16H,8-9H2,1-2H3. The monoisotopic (exact) mass is 325 g/mol. The highest BCUT2D eigenvalue weighted by molar-refractivity contribution is 9.10. The number of benzene rings is 1. The second-order valence-electron chi connectivity index (χ2n) is 4.12. The van der Waals surface area contributed by atoms with Crippen LogP contribution >= 0.6 is 27.7 Å². The first kappa shape index (κ1) is 13.6. The molecule has 0 aliphatic carbocycles.